The third kappa shape index (κ3) is 6.26. The average molecular weight is 387 g/mol. The van der Waals surface area contributed by atoms with E-state index in [4.69, 9.17) is 18.9 Å². The van der Waals surface area contributed by atoms with E-state index >= 15 is 0 Å². The van der Waals surface area contributed by atoms with Crippen molar-refractivity contribution in [2.75, 3.05) is 7.11 Å². The van der Waals surface area contributed by atoms with Gasteiger partial charge in [0.05, 0.1) is 25.0 Å². The van der Waals surface area contributed by atoms with Crippen LogP contribution in [0.5, 0.6) is 17.2 Å². The number of hydrogen-bond acceptors (Lipinski definition) is 7. The normalized spacial score (nSPS) is 11.1. The summed E-state index contributed by atoms with van der Waals surface area (Å²) in [6.45, 7) is 9.11. The van der Waals surface area contributed by atoms with Crippen LogP contribution in [-0.4, -0.2) is 35.7 Å². The summed E-state index contributed by atoms with van der Waals surface area (Å²) in [6.07, 6.45) is 1.34. The first-order chi connectivity index (χ1) is 13.1. The average Bonchev–Trinajstić information content (AvgIpc) is 2.59. The lowest BCUT2D eigenvalue weighted by molar-refractivity contribution is 0.00626. The maximum absolute atomic E-state index is 12.0. The van der Waals surface area contributed by atoms with Crippen molar-refractivity contribution < 1.29 is 28.5 Å². The minimum absolute atomic E-state index is 0.0736. The van der Waals surface area contributed by atoms with Gasteiger partial charge in [-0.15, -0.1) is 0 Å². The molecule has 7 heteroatoms. The van der Waals surface area contributed by atoms with E-state index in [2.05, 4.69) is 4.98 Å². The van der Waals surface area contributed by atoms with Gasteiger partial charge in [0, 0.05) is 6.07 Å². The molecule has 0 saturated heterocycles. The van der Waals surface area contributed by atoms with E-state index < -0.39 is 17.5 Å². The van der Waals surface area contributed by atoms with Gasteiger partial charge in [-0.1, -0.05) is 0 Å². The van der Waals surface area contributed by atoms with Crippen LogP contribution in [0.3, 0.4) is 0 Å². The highest BCUT2D eigenvalue weighted by Gasteiger charge is 2.19. The van der Waals surface area contributed by atoms with Gasteiger partial charge in [0.25, 0.3) is 0 Å². The topological polar surface area (TPSA) is 84.0 Å². The van der Waals surface area contributed by atoms with Crippen molar-refractivity contribution >= 4 is 11.9 Å². The number of pyridine rings is 1. The predicted molar refractivity (Wildman–Crippen MR) is 103 cm³/mol. The summed E-state index contributed by atoms with van der Waals surface area (Å²) >= 11 is 0. The summed E-state index contributed by atoms with van der Waals surface area (Å²) in [5.41, 5.74) is -0.127. The Bertz CT molecular complexity index is 837. The second kappa shape index (κ2) is 8.73. The van der Waals surface area contributed by atoms with E-state index in [1.54, 1.807) is 45.0 Å². The van der Waals surface area contributed by atoms with Gasteiger partial charge in [0.1, 0.15) is 28.5 Å². The molecule has 0 amide bonds. The number of carbonyl (C=O) groups excluding carboxylic acids is 2. The molecule has 0 bridgehead atoms. The molecule has 2 rings (SSSR count). The number of rotatable bonds is 6. The first kappa shape index (κ1) is 21.2. The molecule has 0 aliphatic rings. The highest BCUT2D eigenvalue weighted by atomic mass is 16.6. The molecule has 0 spiro atoms. The Kier molecular flexibility index (Phi) is 6.62. The number of nitrogens with zero attached hydrogens (tertiary/aromatic N) is 1. The smallest absolute Gasteiger partial charge is 0.357 e. The number of methoxy groups -OCH3 is 1. The minimum atomic E-state index is -0.602. The van der Waals surface area contributed by atoms with Crippen molar-refractivity contribution in [2.24, 2.45) is 0 Å². The van der Waals surface area contributed by atoms with E-state index in [9.17, 15) is 9.59 Å². The lowest BCUT2D eigenvalue weighted by Crippen LogP contribution is -2.24. The molecule has 28 heavy (non-hydrogen) atoms. The lowest BCUT2D eigenvalue weighted by Gasteiger charge is -2.19. The summed E-state index contributed by atoms with van der Waals surface area (Å²) < 4.78 is 21.5. The summed E-state index contributed by atoms with van der Waals surface area (Å²) in [5, 5.41) is 0. The van der Waals surface area contributed by atoms with E-state index in [1.165, 1.54) is 19.4 Å². The maximum Gasteiger partial charge on any atom is 0.357 e. The van der Waals surface area contributed by atoms with Gasteiger partial charge >= 0.3 is 11.9 Å². The summed E-state index contributed by atoms with van der Waals surface area (Å²) in [5.74, 6) is 0.234. The quantitative estimate of drug-likeness (QED) is 0.679. The van der Waals surface area contributed by atoms with E-state index in [-0.39, 0.29) is 11.8 Å². The lowest BCUT2D eigenvalue weighted by atomic mass is 10.2. The van der Waals surface area contributed by atoms with Crippen molar-refractivity contribution in [2.45, 2.75) is 46.3 Å². The first-order valence-corrected chi connectivity index (χ1v) is 8.84. The van der Waals surface area contributed by atoms with E-state index in [1.807, 2.05) is 13.8 Å². The highest BCUT2D eigenvalue weighted by Crippen LogP contribution is 2.28. The minimum Gasteiger partial charge on any atom is -0.491 e. The zero-order chi connectivity index (χ0) is 20.9. The van der Waals surface area contributed by atoms with Crippen molar-refractivity contribution in [3.05, 3.63) is 47.8 Å². The van der Waals surface area contributed by atoms with Crippen LogP contribution in [0, 0.1) is 0 Å². The van der Waals surface area contributed by atoms with Crippen LogP contribution in [0.4, 0.5) is 0 Å². The van der Waals surface area contributed by atoms with Gasteiger partial charge in [0.2, 0.25) is 0 Å². The summed E-state index contributed by atoms with van der Waals surface area (Å²) in [6, 6.07) is 7.90. The Morgan fingerprint density at radius 3 is 2.18 bits per heavy atom. The molecule has 0 N–H and O–H groups in total. The van der Waals surface area contributed by atoms with Crippen LogP contribution in [0.1, 0.15) is 55.5 Å². The monoisotopic (exact) mass is 387 g/mol. The van der Waals surface area contributed by atoms with Gasteiger partial charge in [-0.3, -0.25) is 0 Å². The highest BCUT2D eigenvalue weighted by molar-refractivity contribution is 5.90. The number of carbonyl (C=O) groups is 2. The van der Waals surface area contributed by atoms with Crippen molar-refractivity contribution in [3.63, 3.8) is 0 Å². The second-order valence-electron chi connectivity index (χ2n) is 7.33. The maximum atomic E-state index is 12.0. The zero-order valence-electron chi connectivity index (χ0n) is 16.9. The molecule has 0 atom stereocenters. The molecule has 0 fully saturated rings. The molecule has 2 aromatic rings. The third-order valence-corrected chi connectivity index (χ3v) is 3.25. The number of hydrogen-bond donors (Lipinski definition) is 0. The number of aromatic nitrogens is 1. The molecule has 0 unspecified atom stereocenters. The van der Waals surface area contributed by atoms with E-state index in [0.29, 0.717) is 22.8 Å². The molecule has 0 aliphatic heterocycles. The molecular weight excluding hydrogens is 362 g/mol. The molecule has 0 aliphatic carbocycles. The van der Waals surface area contributed by atoms with Crippen molar-refractivity contribution in [3.8, 4) is 17.2 Å². The predicted octanol–water partition coefficient (Wildman–Crippen LogP) is 4.40. The Morgan fingerprint density at radius 2 is 1.64 bits per heavy atom. The van der Waals surface area contributed by atoms with Crippen LogP contribution in [0.15, 0.2) is 36.5 Å². The summed E-state index contributed by atoms with van der Waals surface area (Å²) in [4.78, 5) is 28.0. The Hall–Kier alpha value is -3.09. The molecule has 1 aromatic heterocycles. The second-order valence-corrected chi connectivity index (χ2v) is 7.33. The number of esters is 2. The van der Waals surface area contributed by atoms with Crippen LogP contribution in [-0.2, 0) is 9.47 Å². The first-order valence-electron chi connectivity index (χ1n) is 8.84. The van der Waals surface area contributed by atoms with E-state index in [0.717, 1.165) is 0 Å². The molecule has 0 radical (unpaired) electrons. The Labute approximate surface area is 164 Å². The molecule has 1 heterocycles. The van der Waals surface area contributed by atoms with Gasteiger partial charge in [0.15, 0.2) is 0 Å². The Morgan fingerprint density at radius 1 is 0.964 bits per heavy atom. The molecule has 150 valence electrons. The third-order valence-electron chi connectivity index (χ3n) is 3.25. The summed E-state index contributed by atoms with van der Waals surface area (Å²) in [7, 11) is 1.30. The van der Waals surface area contributed by atoms with Crippen LogP contribution in [0.25, 0.3) is 0 Å². The van der Waals surface area contributed by atoms with Crippen LogP contribution in [0.2, 0.25) is 0 Å². The fraction of sp³-hybridized carbons (Fsp3) is 0.381. The fourth-order valence-electron chi connectivity index (χ4n) is 2.23. The van der Waals surface area contributed by atoms with Crippen molar-refractivity contribution in [1.82, 2.24) is 4.98 Å². The van der Waals surface area contributed by atoms with Crippen LogP contribution >= 0.6 is 0 Å². The number of ether oxygens (including phenoxy) is 4. The molecule has 7 nitrogen and oxygen atoms in total. The number of benzene rings is 1. The van der Waals surface area contributed by atoms with Gasteiger partial charge in [-0.25, -0.2) is 14.6 Å². The van der Waals surface area contributed by atoms with Gasteiger partial charge < -0.3 is 18.9 Å². The SMILES string of the molecule is COC(=O)c1cc(Oc2ccc(C(=O)OC(C)(C)C)nc2)cc(OC(C)C)c1. The molecule has 1 aromatic carbocycles. The Balaban J connectivity index is 2.22. The van der Waals surface area contributed by atoms with Gasteiger partial charge in [-0.05, 0) is 58.9 Å². The van der Waals surface area contributed by atoms with Gasteiger partial charge in [-0.2, -0.15) is 0 Å². The standard InChI is InChI=1S/C21H25NO6/c1-13(2)26-16-9-14(19(23)25-6)10-17(11-16)27-15-7-8-18(22-12-15)20(24)28-21(3,4)5/h7-13H,1-6H3. The van der Waals surface area contributed by atoms with Crippen molar-refractivity contribution in [1.29, 1.82) is 0 Å². The van der Waals surface area contributed by atoms with Crippen LogP contribution < -0.4 is 9.47 Å². The zero-order valence-corrected chi connectivity index (χ0v) is 16.9. The molecular formula is C21H25NO6. The fourth-order valence-corrected chi connectivity index (χ4v) is 2.23. The molecule has 0 saturated carbocycles. The largest absolute Gasteiger partial charge is 0.491 e.